The average Bonchev–Trinajstić information content (AvgIpc) is 3.14. The summed E-state index contributed by atoms with van der Waals surface area (Å²) >= 11 is 1.48. The fourth-order valence-electron chi connectivity index (χ4n) is 2.74. The number of rotatable bonds is 11. The van der Waals surface area contributed by atoms with Gasteiger partial charge in [-0.25, -0.2) is 0 Å². The number of thioether (sulfide) groups is 1. The lowest BCUT2D eigenvalue weighted by atomic mass is 10.0. The summed E-state index contributed by atoms with van der Waals surface area (Å²) in [5, 5.41) is 2.86. The van der Waals surface area contributed by atoms with Gasteiger partial charge in [0.25, 0.3) is 0 Å². The molecule has 0 spiro atoms. The molecule has 2 unspecified atom stereocenters. The Kier molecular flexibility index (Phi) is 8.61. The number of Topliss-reactive ketones (excluding diaryl/α,β-unsaturated/α-hetero) is 1. The lowest BCUT2D eigenvalue weighted by molar-refractivity contribution is -0.127. The Labute approximate surface area is 165 Å². The first-order chi connectivity index (χ1) is 13.0. The van der Waals surface area contributed by atoms with Crippen LogP contribution in [0.2, 0.25) is 0 Å². The van der Waals surface area contributed by atoms with Gasteiger partial charge in [0.2, 0.25) is 5.91 Å². The molecule has 0 aliphatic rings. The van der Waals surface area contributed by atoms with E-state index in [0.29, 0.717) is 30.3 Å². The van der Waals surface area contributed by atoms with Crippen molar-refractivity contribution in [2.75, 3.05) is 5.75 Å². The predicted molar refractivity (Wildman–Crippen MR) is 109 cm³/mol. The van der Waals surface area contributed by atoms with Crippen LogP contribution in [0.1, 0.15) is 31.6 Å². The van der Waals surface area contributed by atoms with Crippen LogP contribution in [0.4, 0.5) is 0 Å². The minimum atomic E-state index is -0.605. The Morgan fingerprint density at radius 1 is 1.15 bits per heavy atom. The number of hydrogen-bond donors (Lipinski definition) is 2. The van der Waals surface area contributed by atoms with E-state index in [0.717, 1.165) is 11.3 Å². The summed E-state index contributed by atoms with van der Waals surface area (Å²) in [6, 6.07) is 12.2. The lowest BCUT2D eigenvalue weighted by Crippen LogP contribution is -2.50. The Morgan fingerprint density at radius 2 is 1.89 bits per heavy atom. The summed E-state index contributed by atoms with van der Waals surface area (Å²) in [6.07, 6.45) is 2.67. The van der Waals surface area contributed by atoms with Crippen LogP contribution in [0.5, 0.6) is 0 Å². The molecule has 1 heterocycles. The van der Waals surface area contributed by atoms with Crippen molar-refractivity contribution in [3.05, 3.63) is 60.1 Å². The number of nitrogens with two attached hydrogens (primary N) is 1. The minimum absolute atomic E-state index is 0.0134. The third-order valence-corrected chi connectivity index (χ3v) is 5.10. The number of ketones is 1. The van der Waals surface area contributed by atoms with Gasteiger partial charge in [-0.3, -0.25) is 9.59 Å². The highest BCUT2D eigenvalue weighted by atomic mass is 32.2. The maximum absolute atomic E-state index is 12.7. The Morgan fingerprint density at radius 3 is 2.52 bits per heavy atom. The topological polar surface area (TPSA) is 85.3 Å². The van der Waals surface area contributed by atoms with Crippen LogP contribution in [0.3, 0.4) is 0 Å². The fraction of sp³-hybridized carbons (Fsp3) is 0.429. The van der Waals surface area contributed by atoms with Crippen molar-refractivity contribution in [2.24, 2.45) is 11.7 Å². The first kappa shape index (κ1) is 21.3. The van der Waals surface area contributed by atoms with Gasteiger partial charge in [0, 0.05) is 0 Å². The van der Waals surface area contributed by atoms with Crippen LogP contribution >= 0.6 is 11.8 Å². The maximum Gasteiger partial charge on any atom is 0.237 e. The number of hydrogen-bond acceptors (Lipinski definition) is 5. The molecule has 0 aliphatic heterocycles. The third kappa shape index (κ3) is 7.61. The van der Waals surface area contributed by atoms with Crippen molar-refractivity contribution in [1.29, 1.82) is 0 Å². The standard InChI is InChI=1S/C21H28N2O3S/c1-15(2)11-18(22)21(25)23-19(12-16-7-4-3-5-8-16)20(24)14-27-13-17-9-6-10-26-17/h3-10,15,18-19H,11-14,22H2,1-2H3,(H,23,25). The van der Waals surface area contributed by atoms with Gasteiger partial charge in [0.15, 0.2) is 5.78 Å². The molecule has 6 heteroatoms. The van der Waals surface area contributed by atoms with Crippen molar-refractivity contribution in [3.63, 3.8) is 0 Å². The second kappa shape index (κ2) is 10.9. The van der Waals surface area contributed by atoms with Gasteiger partial charge < -0.3 is 15.5 Å². The van der Waals surface area contributed by atoms with Crippen LogP contribution in [0, 0.1) is 5.92 Å². The highest BCUT2D eigenvalue weighted by Gasteiger charge is 2.24. The molecule has 5 nitrogen and oxygen atoms in total. The Balaban J connectivity index is 1.97. The van der Waals surface area contributed by atoms with Gasteiger partial charge in [-0.2, -0.15) is 0 Å². The third-order valence-electron chi connectivity index (χ3n) is 4.12. The molecule has 2 atom stereocenters. The molecule has 0 saturated heterocycles. The van der Waals surface area contributed by atoms with Crippen molar-refractivity contribution < 1.29 is 14.0 Å². The number of carbonyl (C=O) groups excluding carboxylic acids is 2. The molecule has 0 radical (unpaired) electrons. The highest BCUT2D eigenvalue weighted by Crippen LogP contribution is 2.14. The summed E-state index contributed by atoms with van der Waals surface area (Å²) in [5.41, 5.74) is 6.99. The summed E-state index contributed by atoms with van der Waals surface area (Å²) < 4.78 is 5.29. The van der Waals surface area contributed by atoms with E-state index < -0.39 is 12.1 Å². The molecule has 0 fully saturated rings. The van der Waals surface area contributed by atoms with Crippen molar-refractivity contribution in [3.8, 4) is 0 Å². The average molecular weight is 389 g/mol. The summed E-state index contributed by atoms with van der Waals surface area (Å²) in [5.74, 6) is 1.79. The zero-order valence-electron chi connectivity index (χ0n) is 15.9. The van der Waals surface area contributed by atoms with Gasteiger partial charge in [-0.15, -0.1) is 11.8 Å². The number of nitrogens with one attached hydrogen (secondary N) is 1. The molecule has 3 N–H and O–H groups in total. The van der Waals surface area contributed by atoms with Gasteiger partial charge in [-0.1, -0.05) is 44.2 Å². The van der Waals surface area contributed by atoms with Crippen molar-refractivity contribution >= 4 is 23.5 Å². The van der Waals surface area contributed by atoms with Crippen LogP contribution in [0.25, 0.3) is 0 Å². The SMILES string of the molecule is CC(C)CC(N)C(=O)NC(Cc1ccccc1)C(=O)CSCc1ccco1. The molecule has 146 valence electrons. The van der Waals surface area contributed by atoms with Gasteiger partial charge in [-0.05, 0) is 36.5 Å². The molecular weight excluding hydrogens is 360 g/mol. The number of furan rings is 1. The van der Waals surface area contributed by atoms with E-state index in [1.54, 1.807) is 6.26 Å². The molecule has 2 rings (SSSR count). The fourth-order valence-corrected chi connectivity index (χ4v) is 3.61. The lowest BCUT2D eigenvalue weighted by Gasteiger charge is -2.21. The van der Waals surface area contributed by atoms with Crippen molar-refractivity contribution in [2.45, 2.75) is 44.5 Å². The van der Waals surface area contributed by atoms with Crippen molar-refractivity contribution in [1.82, 2.24) is 5.32 Å². The number of amides is 1. The van der Waals surface area contributed by atoms with Crippen LogP contribution in [0.15, 0.2) is 53.1 Å². The van der Waals surface area contributed by atoms with E-state index >= 15 is 0 Å². The highest BCUT2D eigenvalue weighted by molar-refractivity contribution is 7.99. The van der Waals surface area contributed by atoms with Gasteiger partial charge in [0.05, 0.1) is 29.9 Å². The molecule has 1 amide bonds. The molecule has 1 aromatic carbocycles. The van der Waals surface area contributed by atoms with E-state index in [2.05, 4.69) is 5.32 Å². The Bertz CT molecular complexity index is 701. The largest absolute Gasteiger partial charge is 0.468 e. The van der Waals surface area contributed by atoms with Crippen LogP contribution in [-0.4, -0.2) is 29.5 Å². The zero-order chi connectivity index (χ0) is 19.6. The molecule has 2 aromatic rings. The molecule has 0 bridgehead atoms. The molecule has 0 saturated carbocycles. The van der Waals surface area contributed by atoms with E-state index in [9.17, 15) is 9.59 Å². The second-order valence-electron chi connectivity index (χ2n) is 7.03. The molecule has 0 aliphatic carbocycles. The van der Waals surface area contributed by atoms with E-state index in [4.69, 9.17) is 10.2 Å². The van der Waals surface area contributed by atoms with Crippen LogP contribution in [-0.2, 0) is 21.8 Å². The van der Waals surface area contributed by atoms with Gasteiger partial charge >= 0.3 is 0 Å². The minimum Gasteiger partial charge on any atom is -0.468 e. The van der Waals surface area contributed by atoms with E-state index in [1.165, 1.54) is 11.8 Å². The smallest absolute Gasteiger partial charge is 0.237 e. The quantitative estimate of drug-likeness (QED) is 0.617. The number of benzene rings is 1. The summed E-state index contributed by atoms with van der Waals surface area (Å²) in [7, 11) is 0. The van der Waals surface area contributed by atoms with E-state index in [1.807, 2.05) is 56.3 Å². The summed E-state index contributed by atoms with van der Waals surface area (Å²) in [4.78, 5) is 25.2. The predicted octanol–water partition coefficient (Wildman–Crippen LogP) is 3.18. The monoisotopic (exact) mass is 388 g/mol. The number of carbonyl (C=O) groups is 2. The molecule has 1 aromatic heterocycles. The second-order valence-corrected chi connectivity index (χ2v) is 8.01. The first-order valence-corrected chi connectivity index (χ1v) is 10.3. The van der Waals surface area contributed by atoms with E-state index in [-0.39, 0.29) is 11.7 Å². The first-order valence-electron chi connectivity index (χ1n) is 9.18. The summed E-state index contributed by atoms with van der Waals surface area (Å²) in [6.45, 7) is 4.04. The van der Waals surface area contributed by atoms with Gasteiger partial charge in [0.1, 0.15) is 5.76 Å². The molecular formula is C21H28N2O3S. The Hall–Kier alpha value is -2.05. The normalized spacial score (nSPS) is 13.3. The maximum atomic E-state index is 12.7. The zero-order valence-corrected chi connectivity index (χ0v) is 16.7. The van der Waals surface area contributed by atoms with Crippen LogP contribution < -0.4 is 11.1 Å². The molecule has 27 heavy (non-hydrogen) atoms.